The summed E-state index contributed by atoms with van der Waals surface area (Å²) >= 11 is 0. The van der Waals surface area contributed by atoms with Crippen LogP contribution in [-0.4, -0.2) is 62.0 Å². The molecule has 3 rings (SSSR count). The molecule has 0 aliphatic carbocycles. The first kappa shape index (κ1) is 17.1. The van der Waals surface area contributed by atoms with Crippen LogP contribution in [-0.2, 0) is 9.59 Å². The van der Waals surface area contributed by atoms with E-state index in [4.69, 9.17) is 0 Å². The van der Waals surface area contributed by atoms with Crippen LogP contribution in [0.15, 0.2) is 42.7 Å². The quantitative estimate of drug-likeness (QED) is 0.716. The zero-order valence-corrected chi connectivity index (χ0v) is 13.6. The van der Waals surface area contributed by atoms with Gasteiger partial charge in [-0.1, -0.05) is 0 Å². The minimum atomic E-state index is -1.82. The van der Waals surface area contributed by atoms with Gasteiger partial charge < -0.3 is 20.4 Å². The summed E-state index contributed by atoms with van der Waals surface area (Å²) in [6, 6.07) is 8.60. The summed E-state index contributed by atoms with van der Waals surface area (Å²) in [7, 11) is 0. The SMILES string of the molecule is O=C(Nc1ccc(-n2cccn2)cc1)[C@H](O)[C@@H](O)C(=O)N1CCCC1. The molecule has 0 spiro atoms. The van der Waals surface area contributed by atoms with Crippen molar-refractivity contribution in [2.75, 3.05) is 18.4 Å². The zero-order chi connectivity index (χ0) is 17.8. The lowest BCUT2D eigenvalue weighted by atomic mass is 10.1. The van der Waals surface area contributed by atoms with Crippen molar-refractivity contribution in [2.45, 2.75) is 25.0 Å². The minimum Gasteiger partial charge on any atom is -0.380 e. The Morgan fingerprint density at radius 3 is 2.36 bits per heavy atom. The third-order valence-electron chi connectivity index (χ3n) is 4.14. The van der Waals surface area contributed by atoms with Gasteiger partial charge in [-0.05, 0) is 43.2 Å². The molecule has 0 bridgehead atoms. The fourth-order valence-corrected chi connectivity index (χ4v) is 2.74. The predicted octanol–water partition coefficient (Wildman–Crippen LogP) is 0.155. The Hall–Kier alpha value is -2.71. The maximum absolute atomic E-state index is 12.1. The highest BCUT2D eigenvalue weighted by molar-refractivity contribution is 5.98. The summed E-state index contributed by atoms with van der Waals surface area (Å²) in [4.78, 5) is 25.6. The third-order valence-corrected chi connectivity index (χ3v) is 4.14. The number of aliphatic hydroxyl groups is 2. The number of benzene rings is 1. The van der Waals surface area contributed by atoms with E-state index in [9.17, 15) is 19.8 Å². The summed E-state index contributed by atoms with van der Waals surface area (Å²) < 4.78 is 1.67. The Kier molecular flexibility index (Phi) is 5.11. The van der Waals surface area contributed by atoms with E-state index in [0.29, 0.717) is 18.8 Å². The Morgan fingerprint density at radius 2 is 1.76 bits per heavy atom. The molecule has 3 N–H and O–H groups in total. The van der Waals surface area contributed by atoms with E-state index >= 15 is 0 Å². The van der Waals surface area contributed by atoms with Crippen LogP contribution < -0.4 is 5.32 Å². The van der Waals surface area contributed by atoms with Crippen LogP contribution in [0.3, 0.4) is 0 Å². The predicted molar refractivity (Wildman–Crippen MR) is 90.0 cm³/mol. The molecular formula is C17H20N4O4. The zero-order valence-electron chi connectivity index (χ0n) is 13.6. The lowest BCUT2D eigenvalue weighted by Crippen LogP contribution is -2.48. The van der Waals surface area contributed by atoms with Gasteiger partial charge in [0.2, 0.25) is 0 Å². The van der Waals surface area contributed by atoms with E-state index in [-0.39, 0.29) is 0 Å². The number of carbonyl (C=O) groups excluding carboxylic acids is 2. The monoisotopic (exact) mass is 344 g/mol. The smallest absolute Gasteiger partial charge is 0.256 e. The number of likely N-dealkylation sites (tertiary alicyclic amines) is 1. The Bertz CT molecular complexity index is 724. The molecule has 8 nitrogen and oxygen atoms in total. The van der Waals surface area contributed by atoms with Gasteiger partial charge in [-0.2, -0.15) is 5.10 Å². The first-order valence-corrected chi connectivity index (χ1v) is 8.12. The lowest BCUT2D eigenvalue weighted by Gasteiger charge is -2.22. The first-order valence-electron chi connectivity index (χ1n) is 8.12. The number of nitrogens with one attached hydrogen (secondary N) is 1. The molecule has 1 aromatic carbocycles. The Balaban J connectivity index is 1.60. The van der Waals surface area contributed by atoms with Gasteiger partial charge in [-0.15, -0.1) is 0 Å². The number of rotatable bonds is 5. The number of hydrogen-bond donors (Lipinski definition) is 3. The Labute approximate surface area is 144 Å². The van der Waals surface area contributed by atoms with Crippen LogP contribution in [0, 0.1) is 0 Å². The maximum Gasteiger partial charge on any atom is 0.256 e. The van der Waals surface area contributed by atoms with Crippen molar-refractivity contribution in [2.24, 2.45) is 0 Å². The number of carbonyl (C=O) groups is 2. The standard InChI is InChI=1S/C17H20N4O4/c22-14(15(23)17(25)20-9-1-2-10-20)16(24)19-12-4-6-13(7-5-12)21-11-3-8-18-21/h3-8,11,14-15,22-23H,1-2,9-10H2,(H,19,24)/t14-,15-/m1/s1. The van der Waals surface area contributed by atoms with Crippen LogP contribution in [0.2, 0.25) is 0 Å². The van der Waals surface area contributed by atoms with Gasteiger partial charge in [0.1, 0.15) is 0 Å². The number of hydrogen-bond acceptors (Lipinski definition) is 5. The number of amides is 2. The molecule has 1 aromatic heterocycles. The molecule has 1 saturated heterocycles. The molecular weight excluding hydrogens is 324 g/mol. The molecule has 1 aliphatic heterocycles. The van der Waals surface area contributed by atoms with E-state index in [2.05, 4.69) is 10.4 Å². The molecule has 2 atom stereocenters. The highest BCUT2D eigenvalue weighted by Crippen LogP contribution is 2.14. The van der Waals surface area contributed by atoms with Gasteiger partial charge in [0.25, 0.3) is 11.8 Å². The van der Waals surface area contributed by atoms with Gasteiger partial charge in [0, 0.05) is 31.2 Å². The second kappa shape index (κ2) is 7.45. The Morgan fingerprint density at radius 1 is 1.08 bits per heavy atom. The van der Waals surface area contributed by atoms with Crippen molar-refractivity contribution >= 4 is 17.5 Å². The van der Waals surface area contributed by atoms with E-state index in [1.165, 1.54) is 4.90 Å². The van der Waals surface area contributed by atoms with E-state index in [1.54, 1.807) is 47.4 Å². The molecule has 2 aromatic rings. The second-order valence-corrected chi connectivity index (χ2v) is 5.91. The van der Waals surface area contributed by atoms with Gasteiger partial charge in [0.05, 0.1) is 5.69 Å². The van der Waals surface area contributed by atoms with E-state index < -0.39 is 24.0 Å². The van der Waals surface area contributed by atoms with Gasteiger partial charge in [-0.25, -0.2) is 4.68 Å². The molecule has 8 heteroatoms. The van der Waals surface area contributed by atoms with Crippen LogP contribution in [0.4, 0.5) is 5.69 Å². The van der Waals surface area contributed by atoms with Gasteiger partial charge in [-0.3, -0.25) is 9.59 Å². The largest absolute Gasteiger partial charge is 0.380 e. The maximum atomic E-state index is 12.1. The van der Waals surface area contributed by atoms with Crippen molar-refractivity contribution in [1.29, 1.82) is 0 Å². The number of aliphatic hydroxyl groups excluding tert-OH is 2. The third kappa shape index (κ3) is 3.86. The average Bonchev–Trinajstić information content (AvgIpc) is 3.34. The number of nitrogens with zero attached hydrogens (tertiary/aromatic N) is 3. The summed E-state index contributed by atoms with van der Waals surface area (Å²) in [6.07, 6.45) is 1.59. The molecule has 0 radical (unpaired) electrons. The fourth-order valence-electron chi connectivity index (χ4n) is 2.74. The van der Waals surface area contributed by atoms with Crippen molar-refractivity contribution in [1.82, 2.24) is 14.7 Å². The number of aromatic nitrogens is 2. The molecule has 2 heterocycles. The van der Waals surface area contributed by atoms with Crippen LogP contribution in [0.5, 0.6) is 0 Å². The number of anilines is 1. The van der Waals surface area contributed by atoms with Crippen molar-refractivity contribution in [3.63, 3.8) is 0 Å². The first-order chi connectivity index (χ1) is 12.1. The summed E-state index contributed by atoms with van der Waals surface area (Å²) in [5.74, 6) is -1.44. The second-order valence-electron chi connectivity index (χ2n) is 5.91. The van der Waals surface area contributed by atoms with Gasteiger partial charge in [0.15, 0.2) is 12.2 Å². The molecule has 2 amide bonds. The minimum absolute atomic E-state index is 0.445. The molecule has 0 saturated carbocycles. The van der Waals surface area contributed by atoms with Crippen LogP contribution in [0.25, 0.3) is 5.69 Å². The summed E-state index contributed by atoms with van der Waals surface area (Å²) in [5, 5.41) is 26.5. The van der Waals surface area contributed by atoms with Crippen molar-refractivity contribution in [3.8, 4) is 5.69 Å². The molecule has 0 unspecified atom stereocenters. The van der Waals surface area contributed by atoms with E-state index in [0.717, 1.165) is 18.5 Å². The highest BCUT2D eigenvalue weighted by Gasteiger charge is 2.34. The molecule has 25 heavy (non-hydrogen) atoms. The normalized spacial score (nSPS) is 16.5. The van der Waals surface area contributed by atoms with E-state index in [1.807, 2.05) is 0 Å². The van der Waals surface area contributed by atoms with Crippen molar-refractivity contribution in [3.05, 3.63) is 42.7 Å². The van der Waals surface area contributed by atoms with Crippen molar-refractivity contribution < 1.29 is 19.8 Å². The van der Waals surface area contributed by atoms with Crippen LogP contribution in [0.1, 0.15) is 12.8 Å². The molecule has 132 valence electrons. The van der Waals surface area contributed by atoms with Crippen LogP contribution >= 0.6 is 0 Å². The molecule has 1 fully saturated rings. The summed E-state index contributed by atoms with van der Waals surface area (Å²) in [5.41, 5.74) is 1.26. The average molecular weight is 344 g/mol. The van der Waals surface area contributed by atoms with Gasteiger partial charge >= 0.3 is 0 Å². The molecule has 1 aliphatic rings. The topological polar surface area (TPSA) is 108 Å². The highest BCUT2D eigenvalue weighted by atomic mass is 16.3. The lowest BCUT2D eigenvalue weighted by molar-refractivity contribution is -0.150. The summed E-state index contributed by atoms with van der Waals surface area (Å²) in [6.45, 7) is 1.08. The fraction of sp³-hybridized carbons (Fsp3) is 0.353.